The van der Waals surface area contributed by atoms with Gasteiger partial charge in [0.15, 0.2) is 0 Å². The Kier molecular flexibility index (Phi) is 3.36. The number of hydrogen-bond donors (Lipinski definition) is 1. The molecule has 0 atom stereocenters. The van der Waals surface area contributed by atoms with Crippen LogP contribution in [0.4, 0.5) is 11.5 Å². The Balaban J connectivity index is 2.13. The van der Waals surface area contributed by atoms with Gasteiger partial charge in [-0.15, -0.1) is 0 Å². The minimum absolute atomic E-state index is 0.230. The van der Waals surface area contributed by atoms with Crippen molar-refractivity contribution in [3.8, 4) is 0 Å². The molecule has 0 amide bonds. The lowest BCUT2D eigenvalue weighted by atomic mass is 10.2. The van der Waals surface area contributed by atoms with E-state index in [1.807, 2.05) is 48.5 Å². The molecule has 0 aliphatic rings. The van der Waals surface area contributed by atoms with E-state index < -0.39 is 0 Å². The highest BCUT2D eigenvalue weighted by Gasteiger charge is 2.07. The van der Waals surface area contributed by atoms with Gasteiger partial charge in [-0.2, -0.15) is 4.98 Å². The van der Waals surface area contributed by atoms with Crippen LogP contribution in [0.15, 0.2) is 53.0 Å². The van der Waals surface area contributed by atoms with E-state index in [0.717, 1.165) is 21.1 Å². The summed E-state index contributed by atoms with van der Waals surface area (Å²) in [5.41, 5.74) is 1.75. The zero-order valence-electron chi connectivity index (χ0n) is 9.77. The Morgan fingerprint density at radius 3 is 2.53 bits per heavy atom. The molecule has 0 fully saturated rings. The van der Waals surface area contributed by atoms with Crippen molar-refractivity contribution in [1.82, 2.24) is 9.97 Å². The van der Waals surface area contributed by atoms with E-state index in [0.29, 0.717) is 5.82 Å². The van der Waals surface area contributed by atoms with Crippen molar-refractivity contribution in [2.24, 2.45) is 0 Å². The SMILES string of the molecule is Clc1nc(Nc2ccccc2Br)c2ccccc2n1. The van der Waals surface area contributed by atoms with E-state index in [4.69, 9.17) is 11.6 Å². The molecule has 3 rings (SSSR count). The number of aromatic nitrogens is 2. The highest BCUT2D eigenvalue weighted by atomic mass is 79.9. The lowest BCUT2D eigenvalue weighted by molar-refractivity contribution is 1.22. The minimum atomic E-state index is 0.230. The Labute approximate surface area is 123 Å². The highest BCUT2D eigenvalue weighted by Crippen LogP contribution is 2.28. The first-order valence-corrected chi connectivity index (χ1v) is 6.85. The molecule has 0 radical (unpaired) electrons. The number of rotatable bonds is 2. The Morgan fingerprint density at radius 2 is 1.68 bits per heavy atom. The summed E-state index contributed by atoms with van der Waals surface area (Å²) in [4.78, 5) is 8.46. The summed E-state index contributed by atoms with van der Waals surface area (Å²) in [5, 5.41) is 4.44. The van der Waals surface area contributed by atoms with Crippen LogP contribution in [0.5, 0.6) is 0 Å². The maximum absolute atomic E-state index is 5.96. The van der Waals surface area contributed by atoms with E-state index in [1.54, 1.807) is 0 Å². The summed E-state index contributed by atoms with van der Waals surface area (Å²) in [6.45, 7) is 0. The first-order chi connectivity index (χ1) is 9.24. The molecule has 1 N–H and O–H groups in total. The molecule has 3 aromatic rings. The number of halogens is 2. The Bertz CT molecular complexity index is 746. The summed E-state index contributed by atoms with van der Waals surface area (Å²) >= 11 is 9.45. The molecular formula is C14H9BrClN3. The summed E-state index contributed by atoms with van der Waals surface area (Å²) in [6.07, 6.45) is 0. The van der Waals surface area contributed by atoms with Gasteiger partial charge >= 0.3 is 0 Å². The van der Waals surface area contributed by atoms with E-state index in [2.05, 4.69) is 31.2 Å². The highest BCUT2D eigenvalue weighted by molar-refractivity contribution is 9.10. The zero-order valence-corrected chi connectivity index (χ0v) is 12.1. The van der Waals surface area contributed by atoms with Crippen LogP contribution in [0.2, 0.25) is 5.28 Å². The van der Waals surface area contributed by atoms with E-state index >= 15 is 0 Å². The van der Waals surface area contributed by atoms with Crippen LogP contribution in [0.3, 0.4) is 0 Å². The average Bonchev–Trinajstić information content (AvgIpc) is 2.41. The number of anilines is 2. The lowest BCUT2D eigenvalue weighted by Gasteiger charge is -2.10. The van der Waals surface area contributed by atoms with Crippen LogP contribution in [0.25, 0.3) is 10.9 Å². The fraction of sp³-hybridized carbons (Fsp3) is 0. The average molecular weight is 335 g/mol. The summed E-state index contributed by atoms with van der Waals surface area (Å²) < 4.78 is 0.966. The molecule has 0 saturated carbocycles. The van der Waals surface area contributed by atoms with Crippen LogP contribution in [-0.2, 0) is 0 Å². The molecule has 2 aromatic carbocycles. The smallest absolute Gasteiger partial charge is 0.224 e. The second-order valence-electron chi connectivity index (χ2n) is 3.96. The van der Waals surface area contributed by atoms with Crippen LogP contribution >= 0.6 is 27.5 Å². The maximum Gasteiger partial charge on any atom is 0.224 e. The van der Waals surface area contributed by atoms with Crippen LogP contribution < -0.4 is 5.32 Å². The molecule has 0 unspecified atom stereocenters. The fourth-order valence-electron chi connectivity index (χ4n) is 1.83. The summed E-state index contributed by atoms with van der Waals surface area (Å²) in [7, 11) is 0. The zero-order chi connectivity index (χ0) is 13.2. The first kappa shape index (κ1) is 12.4. The first-order valence-electron chi connectivity index (χ1n) is 5.68. The molecule has 3 nitrogen and oxygen atoms in total. The van der Waals surface area contributed by atoms with Crippen molar-refractivity contribution < 1.29 is 0 Å². The summed E-state index contributed by atoms with van der Waals surface area (Å²) in [6, 6.07) is 15.6. The van der Waals surface area contributed by atoms with E-state index in [1.165, 1.54) is 0 Å². The van der Waals surface area contributed by atoms with Crippen LogP contribution in [-0.4, -0.2) is 9.97 Å². The Morgan fingerprint density at radius 1 is 0.947 bits per heavy atom. The number of hydrogen-bond acceptors (Lipinski definition) is 3. The van der Waals surface area contributed by atoms with Gasteiger partial charge in [0.2, 0.25) is 5.28 Å². The maximum atomic E-state index is 5.96. The van der Waals surface area contributed by atoms with E-state index in [9.17, 15) is 0 Å². The van der Waals surface area contributed by atoms with Crippen molar-refractivity contribution in [1.29, 1.82) is 0 Å². The second kappa shape index (κ2) is 5.15. The van der Waals surface area contributed by atoms with Crippen LogP contribution in [0, 0.1) is 0 Å². The Hall–Kier alpha value is -1.65. The van der Waals surface area contributed by atoms with Gasteiger partial charge < -0.3 is 5.32 Å². The molecule has 1 aromatic heterocycles. The second-order valence-corrected chi connectivity index (χ2v) is 5.16. The van der Waals surface area contributed by atoms with Crippen LogP contribution in [0.1, 0.15) is 0 Å². The third-order valence-corrected chi connectivity index (χ3v) is 3.56. The summed E-state index contributed by atoms with van der Waals surface area (Å²) in [5.74, 6) is 0.697. The lowest BCUT2D eigenvalue weighted by Crippen LogP contribution is -1.97. The number of benzene rings is 2. The molecule has 19 heavy (non-hydrogen) atoms. The van der Waals surface area contributed by atoms with Gasteiger partial charge in [0.05, 0.1) is 11.2 Å². The van der Waals surface area contributed by atoms with Crippen molar-refractivity contribution in [3.05, 3.63) is 58.3 Å². The number of nitrogens with zero attached hydrogens (tertiary/aromatic N) is 2. The molecule has 5 heteroatoms. The number of para-hydroxylation sites is 2. The fourth-order valence-corrected chi connectivity index (χ4v) is 2.39. The van der Waals surface area contributed by atoms with Gasteiger partial charge in [0.1, 0.15) is 5.82 Å². The topological polar surface area (TPSA) is 37.8 Å². The largest absolute Gasteiger partial charge is 0.339 e. The number of fused-ring (bicyclic) bond motifs is 1. The third kappa shape index (κ3) is 2.55. The minimum Gasteiger partial charge on any atom is -0.339 e. The predicted molar refractivity (Wildman–Crippen MR) is 82.0 cm³/mol. The molecular weight excluding hydrogens is 326 g/mol. The third-order valence-electron chi connectivity index (χ3n) is 2.70. The van der Waals surface area contributed by atoms with Gasteiger partial charge in [0.25, 0.3) is 0 Å². The van der Waals surface area contributed by atoms with Crippen molar-refractivity contribution in [2.75, 3.05) is 5.32 Å². The molecule has 0 saturated heterocycles. The molecule has 0 aliphatic heterocycles. The van der Waals surface area contributed by atoms with Gasteiger partial charge in [-0.1, -0.05) is 24.3 Å². The van der Waals surface area contributed by atoms with Gasteiger partial charge in [-0.05, 0) is 51.8 Å². The van der Waals surface area contributed by atoms with Crippen molar-refractivity contribution >= 4 is 49.9 Å². The standard InChI is InChI=1S/C14H9BrClN3/c15-10-6-2-4-8-12(10)17-13-9-5-1-3-7-11(9)18-14(16)19-13/h1-8H,(H,17,18,19). The van der Waals surface area contributed by atoms with E-state index in [-0.39, 0.29) is 5.28 Å². The molecule has 0 aliphatic carbocycles. The van der Waals surface area contributed by atoms with Gasteiger partial charge in [0, 0.05) is 9.86 Å². The van der Waals surface area contributed by atoms with Crippen molar-refractivity contribution in [2.45, 2.75) is 0 Å². The molecule has 0 spiro atoms. The van der Waals surface area contributed by atoms with Gasteiger partial charge in [-0.25, -0.2) is 4.98 Å². The monoisotopic (exact) mass is 333 g/mol. The van der Waals surface area contributed by atoms with Crippen molar-refractivity contribution in [3.63, 3.8) is 0 Å². The van der Waals surface area contributed by atoms with Gasteiger partial charge in [-0.3, -0.25) is 0 Å². The number of nitrogens with one attached hydrogen (secondary N) is 1. The quantitative estimate of drug-likeness (QED) is 0.685. The molecule has 94 valence electrons. The molecule has 1 heterocycles. The predicted octanol–water partition coefficient (Wildman–Crippen LogP) is 4.79. The normalized spacial score (nSPS) is 10.6. The molecule has 0 bridgehead atoms.